The molecule has 0 aliphatic carbocycles. The Balaban J connectivity index is 2.20. The number of halogens is 1. The second-order valence-electron chi connectivity index (χ2n) is 5.28. The van der Waals surface area contributed by atoms with Gasteiger partial charge in [0.05, 0.1) is 11.4 Å². The minimum atomic E-state index is -0.843. The summed E-state index contributed by atoms with van der Waals surface area (Å²) in [5.74, 6) is -0.151. The van der Waals surface area contributed by atoms with Crippen molar-refractivity contribution >= 4 is 33.2 Å². The highest BCUT2D eigenvalue weighted by atomic mass is 79.9. The molecular formula is C14H20BrN3O2. The molecule has 1 aliphatic heterocycles. The summed E-state index contributed by atoms with van der Waals surface area (Å²) in [5, 5.41) is 2.95. The lowest BCUT2D eigenvalue weighted by Gasteiger charge is -2.32. The second-order valence-corrected chi connectivity index (χ2v) is 6.19. The molecule has 2 rings (SSSR count). The van der Waals surface area contributed by atoms with Gasteiger partial charge in [0.25, 0.3) is 0 Å². The molecule has 1 saturated heterocycles. The van der Waals surface area contributed by atoms with Gasteiger partial charge in [-0.25, -0.2) is 0 Å². The van der Waals surface area contributed by atoms with Gasteiger partial charge >= 0.3 is 0 Å². The lowest BCUT2D eigenvalue weighted by molar-refractivity contribution is -0.124. The van der Waals surface area contributed by atoms with Crippen molar-refractivity contribution in [3.05, 3.63) is 22.7 Å². The quantitative estimate of drug-likeness (QED) is 0.881. The zero-order valence-corrected chi connectivity index (χ0v) is 13.4. The van der Waals surface area contributed by atoms with Gasteiger partial charge in [0, 0.05) is 31.8 Å². The number of carbonyl (C=O) groups is 1. The number of nitrogens with one attached hydrogen (secondary N) is 1. The van der Waals surface area contributed by atoms with Crippen LogP contribution in [0.15, 0.2) is 22.7 Å². The minimum absolute atomic E-state index is 0.151. The Bertz CT molecular complexity index is 499. The molecule has 1 aromatic rings. The lowest BCUT2D eigenvalue weighted by Crippen LogP contribution is -2.54. The Morgan fingerprint density at radius 2 is 2.05 bits per heavy atom. The molecule has 0 radical (unpaired) electrons. The van der Waals surface area contributed by atoms with Gasteiger partial charge in [-0.05, 0) is 31.0 Å². The molecule has 6 heteroatoms. The SMILES string of the molecule is CN(C)c1ccc(Br)cc1NC(=O)C1(N)CCOCC1. The molecule has 1 aromatic carbocycles. The van der Waals surface area contributed by atoms with Crippen LogP contribution in [0.3, 0.4) is 0 Å². The van der Waals surface area contributed by atoms with Crippen LogP contribution in [0.5, 0.6) is 0 Å². The van der Waals surface area contributed by atoms with E-state index in [4.69, 9.17) is 10.5 Å². The number of anilines is 2. The predicted molar refractivity (Wildman–Crippen MR) is 84.1 cm³/mol. The lowest BCUT2D eigenvalue weighted by atomic mass is 9.90. The molecule has 1 fully saturated rings. The summed E-state index contributed by atoms with van der Waals surface area (Å²) in [4.78, 5) is 14.4. The first kappa shape index (κ1) is 15.3. The van der Waals surface area contributed by atoms with Crippen molar-refractivity contribution in [1.29, 1.82) is 0 Å². The van der Waals surface area contributed by atoms with E-state index in [-0.39, 0.29) is 5.91 Å². The fourth-order valence-corrected chi connectivity index (χ4v) is 2.57. The van der Waals surface area contributed by atoms with Crippen molar-refractivity contribution in [1.82, 2.24) is 0 Å². The maximum absolute atomic E-state index is 12.4. The van der Waals surface area contributed by atoms with Crippen molar-refractivity contribution in [3.63, 3.8) is 0 Å². The van der Waals surface area contributed by atoms with Crippen molar-refractivity contribution < 1.29 is 9.53 Å². The van der Waals surface area contributed by atoms with Gasteiger partial charge in [0.2, 0.25) is 5.91 Å². The van der Waals surface area contributed by atoms with Crippen LogP contribution in [-0.2, 0) is 9.53 Å². The van der Waals surface area contributed by atoms with Crippen LogP contribution < -0.4 is 16.0 Å². The maximum atomic E-state index is 12.4. The Labute approximate surface area is 127 Å². The molecular weight excluding hydrogens is 322 g/mol. The van der Waals surface area contributed by atoms with E-state index in [9.17, 15) is 4.79 Å². The van der Waals surface area contributed by atoms with Crippen molar-refractivity contribution in [2.24, 2.45) is 5.73 Å². The van der Waals surface area contributed by atoms with E-state index in [0.29, 0.717) is 26.1 Å². The van der Waals surface area contributed by atoms with Gasteiger partial charge in [-0.3, -0.25) is 4.79 Å². The number of amides is 1. The molecule has 1 aliphatic rings. The molecule has 1 heterocycles. The number of rotatable bonds is 3. The van der Waals surface area contributed by atoms with Crippen molar-refractivity contribution in [2.75, 3.05) is 37.5 Å². The van der Waals surface area contributed by atoms with Gasteiger partial charge < -0.3 is 20.7 Å². The van der Waals surface area contributed by atoms with Crippen LogP contribution in [-0.4, -0.2) is 38.8 Å². The number of benzene rings is 1. The van der Waals surface area contributed by atoms with Crippen LogP contribution in [0.1, 0.15) is 12.8 Å². The molecule has 0 spiro atoms. The molecule has 0 atom stereocenters. The molecule has 0 bridgehead atoms. The zero-order chi connectivity index (χ0) is 14.8. The highest BCUT2D eigenvalue weighted by Gasteiger charge is 2.36. The van der Waals surface area contributed by atoms with E-state index in [2.05, 4.69) is 21.2 Å². The van der Waals surface area contributed by atoms with E-state index >= 15 is 0 Å². The van der Waals surface area contributed by atoms with Crippen LogP contribution in [0.25, 0.3) is 0 Å². The predicted octanol–water partition coefficient (Wildman–Crippen LogP) is 1.96. The second kappa shape index (κ2) is 6.11. The summed E-state index contributed by atoms with van der Waals surface area (Å²) in [5.41, 5.74) is 7.05. The summed E-state index contributed by atoms with van der Waals surface area (Å²) in [6.45, 7) is 1.06. The average molecular weight is 342 g/mol. The monoisotopic (exact) mass is 341 g/mol. The average Bonchev–Trinajstić information content (AvgIpc) is 2.39. The fraction of sp³-hybridized carbons (Fsp3) is 0.500. The molecule has 0 saturated carbocycles. The Morgan fingerprint density at radius 3 is 2.65 bits per heavy atom. The third kappa shape index (κ3) is 3.31. The molecule has 20 heavy (non-hydrogen) atoms. The Hall–Kier alpha value is -1.11. The first-order chi connectivity index (χ1) is 9.42. The third-order valence-electron chi connectivity index (χ3n) is 3.53. The number of nitrogens with zero attached hydrogens (tertiary/aromatic N) is 1. The van der Waals surface area contributed by atoms with Crippen LogP contribution in [0.4, 0.5) is 11.4 Å². The van der Waals surface area contributed by atoms with E-state index in [1.165, 1.54) is 0 Å². The van der Waals surface area contributed by atoms with E-state index < -0.39 is 5.54 Å². The topological polar surface area (TPSA) is 67.6 Å². The number of hydrogen-bond donors (Lipinski definition) is 2. The summed E-state index contributed by atoms with van der Waals surface area (Å²) in [6, 6.07) is 5.78. The zero-order valence-electron chi connectivity index (χ0n) is 11.8. The molecule has 1 amide bonds. The molecule has 0 aromatic heterocycles. The first-order valence-corrected chi connectivity index (χ1v) is 7.37. The van der Waals surface area contributed by atoms with Gasteiger partial charge in [-0.2, -0.15) is 0 Å². The Kier molecular flexibility index (Phi) is 4.67. The molecule has 110 valence electrons. The maximum Gasteiger partial charge on any atom is 0.244 e. The number of ether oxygens (including phenoxy) is 1. The van der Waals surface area contributed by atoms with Gasteiger partial charge in [-0.15, -0.1) is 0 Å². The number of hydrogen-bond acceptors (Lipinski definition) is 4. The fourth-order valence-electron chi connectivity index (χ4n) is 2.21. The summed E-state index contributed by atoms with van der Waals surface area (Å²) in [7, 11) is 3.87. The molecule has 5 nitrogen and oxygen atoms in total. The molecule has 3 N–H and O–H groups in total. The highest BCUT2D eigenvalue weighted by molar-refractivity contribution is 9.10. The number of carbonyl (C=O) groups excluding carboxylic acids is 1. The van der Waals surface area contributed by atoms with E-state index in [0.717, 1.165) is 15.8 Å². The normalized spacial score (nSPS) is 17.6. The largest absolute Gasteiger partial charge is 0.381 e. The van der Waals surface area contributed by atoms with Gasteiger partial charge in [-0.1, -0.05) is 15.9 Å². The standard InChI is InChI=1S/C14H20BrN3O2/c1-18(2)12-4-3-10(15)9-11(12)17-13(19)14(16)5-7-20-8-6-14/h3-4,9H,5-8,16H2,1-2H3,(H,17,19). The number of nitrogens with two attached hydrogens (primary N) is 1. The summed E-state index contributed by atoms with van der Waals surface area (Å²) >= 11 is 3.42. The van der Waals surface area contributed by atoms with E-state index in [1.54, 1.807) is 0 Å². The summed E-state index contributed by atoms with van der Waals surface area (Å²) < 4.78 is 6.18. The smallest absolute Gasteiger partial charge is 0.244 e. The first-order valence-electron chi connectivity index (χ1n) is 6.57. The van der Waals surface area contributed by atoms with Gasteiger partial charge in [0.15, 0.2) is 0 Å². The highest BCUT2D eigenvalue weighted by Crippen LogP contribution is 2.29. The minimum Gasteiger partial charge on any atom is -0.381 e. The third-order valence-corrected chi connectivity index (χ3v) is 4.02. The van der Waals surface area contributed by atoms with Gasteiger partial charge in [0.1, 0.15) is 5.54 Å². The van der Waals surface area contributed by atoms with Crippen LogP contribution in [0.2, 0.25) is 0 Å². The summed E-state index contributed by atoms with van der Waals surface area (Å²) in [6.07, 6.45) is 1.09. The van der Waals surface area contributed by atoms with Crippen molar-refractivity contribution in [3.8, 4) is 0 Å². The molecule has 0 unspecified atom stereocenters. The van der Waals surface area contributed by atoms with Crippen LogP contribution >= 0.6 is 15.9 Å². The van der Waals surface area contributed by atoms with Crippen LogP contribution in [0, 0.1) is 0 Å². The van der Waals surface area contributed by atoms with Crippen molar-refractivity contribution in [2.45, 2.75) is 18.4 Å². The van der Waals surface area contributed by atoms with E-state index in [1.807, 2.05) is 37.2 Å². The Morgan fingerprint density at radius 1 is 1.40 bits per heavy atom.